The molecule has 1 fully saturated rings. The van der Waals surface area contributed by atoms with Crippen molar-refractivity contribution in [3.63, 3.8) is 0 Å². The molecular formula is C24H36FN3O3. The van der Waals surface area contributed by atoms with Crippen LogP contribution in [-0.4, -0.2) is 54.9 Å². The third kappa shape index (κ3) is 7.51. The lowest BCUT2D eigenvalue weighted by molar-refractivity contribution is -0.0140. The van der Waals surface area contributed by atoms with Crippen LogP contribution in [0.5, 0.6) is 5.75 Å². The fourth-order valence-corrected chi connectivity index (χ4v) is 3.16. The van der Waals surface area contributed by atoms with Crippen LogP contribution in [0.3, 0.4) is 0 Å². The molecule has 6 nitrogen and oxygen atoms in total. The average Bonchev–Trinajstić information content (AvgIpc) is 2.76. The van der Waals surface area contributed by atoms with E-state index >= 15 is 0 Å². The van der Waals surface area contributed by atoms with E-state index in [2.05, 4.69) is 31.6 Å². The Kier molecular flexibility index (Phi) is 11.0. The number of halogens is 1. The van der Waals surface area contributed by atoms with Crippen LogP contribution in [0.4, 0.5) is 4.39 Å². The Morgan fingerprint density at radius 2 is 2.06 bits per heavy atom. The minimum Gasteiger partial charge on any atom is -0.497 e. The van der Waals surface area contributed by atoms with E-state index in [0.717, 1.165) is 11.4 Å². The summed E-state index contributed by atoms with van der Waals surface area (Å²) in [6.07, 6.45) is 3.38. The molecule has 1 aromatic rings. The van der Waals surface area contributed by atoms with Gasteiger partial charge in [0.1, 0.15) is 17.7 Å². The summed E-state index contributed by atoms with van der Waals surface area (Å²) < 4.78 is 24.9. The van der Waals surface area contributed by atoms with Crippen molar-refractivity contribution in [1.82, 2.24) is 9.91 Å². The fraction of sp³-hybridized carbons (Fsp3) is 0.500. The van der Waals surface area contributed by atoms with Crippen molar-refractivity contribution in [1.29, 1.82) is 0 Å². The molecule has 0 aliphatic carbocycles. The molecule has 172 valence electrons. The van der Waals surface area contributed by atoms with Gasteiger partial charge < -0.3 is 14.4 Å². The minimum atomic E-state index is -0.511. The van der Waals surface area contributed by atoms with E-state index in [1.54, 1.807) is 22.2 Å². The molecular weight excluding hydrogens is 397 g/mol. The Labute approximate surface area is 186 Å². The van der Waals surface area contributed by atoms with Crippen LogP contribution in [0, 0.1) is 11.7 Å². The van der Waals surface area contributed by atoms with Crippen LogP contribution < -0.4 is 4.74 Å². The van der Waals surface area contributed by atoms with Crippen molar-refractivity contribution in [2.45, 2.75) is 47.6 Å². The summed E-state index contributed by atoms with van der Waals surface area (Å²) >= 11 is 0. The number of rotatable bonds is 7. The van der Waals surface area contributed by atoms with Gasteiger partial charge in [-0.15, -0.1) is 0 Å². The number of hydrogen-bond acceptors (Lipinski definition) is 5. The van der Waals surface area contributed by atoms with Gasteiger partial charge in [0, 0.05) is 30.1 Å². The Bertz CT molecular complexity index is 805. The molecule has 1 amide bonds. The van der Waals surface area contributed by atoms with E-state index in [-0.39, 0.29) is 23.5 Å². The lowest BCUT2D eigenvalue weighted by Crippen LogP contribution is -2.48. The topological polar surface area (TPSA) is 54.4 Å². The molecule has 0 spiro atoms. The molecule has 31 heavy (non-hydrogen) atoms. The average molecular weight is 434 g/mol. The number of carbonyl (C=O) groups excluding carboxylic acids is 1. The Morgan fingerprint density at radius 3 is 2.61 bits per heavy atom. The van der Waals surface area contributed by atoms with Gasteiger partial charge in [-0.2, -0.15) is 5.10 Å². The van der Waals surface area contributed by atoms with E-state index in [9.17, 15) is 9.18 Å². The number of morpholine rings is 1. The van der Waals surface area contributed by atoms with Crippen LogP contribution in [0.1, 0.15) is 51.9 Å². The highest BCUT2D eigenvalue weighted by molar-refractivity contribution is 5.94. The van der Waals surface area contributed by atoms with Gasteiger partial charge in [-0.3, -0.25) is 4.79 Å². The van der Waals surface area contributed by atoms with Crippen molar-refractivity contribution in [3.8, 4) is 5.75 Å². The number of amides is 1. The van der Waals surface area contributed by atoms with Crippen molar-refractivity contribution < 1.29 is 18.7 Å². The first-order chi connectivity index (χ1) is 14.8. The van der Waals surface area contributed by atoms with Crippen molar-refractivity contribution >= 4 is 12.1 Å². The van der Waals surface area contributed by atoms with Crippen LogP contribution in [0.15, 0.2) is 47.3 Å². The summed E-state index contributed by atoms with van der Waals surface area (Å²) in [6.45, 7) is 17.0. The molecule has 2 rings (SSSR count). The maximum Gasteiger partial charge on any atom is 0.254 e. The monoisotopic (exact) mass is 433 g/mol. The molecule has 1 aliphatic heterocycles. The maximum atomic E-state index is 13.9. The van der Waals surface area contributed by atoms with Crippen LogP contribution >= 0.6 is 0 Å². The Balaban J connectivity index is 0.00000233. The van der Waals surface area contributed by atoms with Crippen LogP contribution in [0.25, 0.3) is 0 Å². The van der Waals surface area contributed by atoms with E-state index < -0.39 is 5.82 Å². The number of methoxy groups -OCH3 is 1. The van der Waals surface area contributed by atoms with Crippen LogP contribution in [0.2, 0.25) is 0 Å². The number of hydrogen-bond donors (Lipinski definition) is 0. The predicted molar refractivity (Wildman–Crippen MR) is 124 cm³/mol. The molecule has 1 heterocycles. The zero-order valence-corrected chi connectivity index (χ0v) is 19.8. The Morgan fingerprint density at radius 1 is 1.39 bits per heavy atom. The molecule has 0 radical (unpaired) electrons. The van der Waals surface area contributed by atoms with Gasteiger partial charge in [-0.1, -0.05) is 40.3 Å². The van der Waals surface area contributed by atoms with E-state index in [0.29, 0.717) is 25.4 Å². The summed E-state index contributed by atoms with van der Waals surface area (Å²) in [5, 5.41) is 6.15. The van der Waals surface area contributed by atoms with Gasteiger partial charge in [0.2, 0.25) is 0 Å². The quantitative estimate of drug-likeness (QED) is 0.444. The lowest BCUT2D eigenvalue weighted by Gasteiger charge is -2.37. The number of ether oxygens (including phenoxy) is 2. The number of carbonyl (C=O) groups is 1. The second-order valence-corrected chi connectivity index (χ2v) is 7.25. The summed E-state index contributed by atoms with van der Waals surface area (Å²) in [5.74, 6) is -0.213. The highest BCUT2D eigenvalue weighted by Crippen LogP contribution is 2.25. The zero-order valence-electron chi connectivity index (χ0n) is 19.8. The number of hydrazone groups is 1. The normalized spacial score (nSPS) is 16.7. The van der Waals surface area contributed by atoms with Gasteiger partial charge in [-0.25, -0.2) is 9.40 Å². The van der Waals surface area contributed by atoms with Gasteiger partial charge in [0.25, 0.3) is 5.91 Å². The molecule has 7 heteroatoms. The van der Waals surface area contributed by atoms with Crippen molar-refractivity contribution in [2.24, 2.45) is 11.0 Å². The highest BCUT2D eigenvalue weighted by Gasteiger charge is 2.30. The molecule has 1 unspecified atom stereocenters. The lowest BCUT2D eigenvalue weighted by atomic mass is 10.1. The number of benzene rings is 1. The smallest absolute Gasteiger partial charge is 0.254 e. The Hall–Kier alpha value is -2.67. The molecule has 0 bridgehead atoms. The first kappa shape index (κ1) is 26.4. The van der Waals surface area contributed by atoms with Gasteiger partial charge in [0.15, 0.2) is 0 Å². The van der Waals surface area contributed by atoms with Gasteiger partial charge >= 0.3 is 0 Å². The molecule has 1 saturated heterocycles. The highest BCUT2D eigenvalue weighted by atomic mass is 19.1. The molecule has 0 N–H and O–H groups in total. The van der Waals surface area contributed by atoms with E-state index in [4.69, 9.17) is 9.47 Å². The molecule has 0 aromatic heterocycles. The summed E-state index contributed by atoms with van der Waals surface area (Å²) in [7, 11) is 1.44. The third-order valence-corrected chi connectivity index (χ3v) is 4.38. The van der Waals surface area contributed by atoms with E-state index in [1.165, 1.54) is 19.2 Å². The van der Waals surface area contributed by atoms with Crippen LogP contribution in [-0.2, 0) is 4.74 Å². The fourth-order valence-electron chi connectivity index (χ4n) is 3.16. The number of nitrogens with zero attached hydrogens (tertiary/aromatic N) is 3. The van der Waals surface area contributed by atoms with Crippen molar-refractivity contribution in [2.75, 3.05) is 26.8 Å². The molecule has 1 atom stereocenters. The minimum absolute atomic E-state index is 0.250. The van der Waals surface area contributed by atoms with Gasteiger partial charge in [-0.05, 0) is 31.9 Å². The molecule has 1 aliphatic rings. The summed E-state index contributed by atoms with van der Waals surface area (Å²) in [5.41, 5.74) is 1.83. The second kappa shape index (κ2) is 12.9. The SMILES string of the molecule is C=C(C)N(/N=C\C)/C(=C\C(C)C)C1CN(C(=O)c2cc(F)cc(OC)c2)CCO1.CC. The third-order valence-electron chi connectivity index (χ3n) is 4.38. The first-order valence-electron chi connectivity index (χ1n) is 10.7. The number of allylic oxidation sites excluding steroid dienone is 2. The molecule has 1 aromatic carbocycles. The maximum absolute atomic E-state index is 13.9. The standard InChI is InChI=1S/C22H30FN3O3.C2H6/c1-7-24-26(16(4)5)20(10-15(2)3)21-14-25(8-9-29-21)22(27)17-11-18(23)13-19(12-17)28-6;1-2/h7,10-13,15,21H,4,8-9,14H2,1-3,5-6H3;1-2H3/b20-10-,24-7-;. The first-order valence-corrected chi connectivity index (χ1v) is 10.7. The zero-order chi connectivity index (χ0) is 23.6. The van der Waals surface area contributed by atoms with Gasteiger partial charge in [0.05, 0.1) is 26.0 Å². The van der Waals surface area contributed by atoms with Crippen molar-refractivity contribution in [3.05, 3.63) is 53.6 Å². The summed E-state index contributed by atoms with van der Waals surface area (Å²) in [6, 6.07) is 4.01. The molecule has 0 saturated carbocycles. The predicted octanol–water partition coefficient (Wildman–Crippen LogP) is 5.08. The van der Waals surface area contributed by atoms with E-state index in [1.807, 2.05) is 27.7 Å². The largest absolute Gasteiger partial charge is 0.497 e. The summed E-state index contributed by atoms with van der Waals surface area (Å²) in [4.78, 5) is 14.7. The second-order valence-electron chi connectivity index (χ2n) is 7.25.